The van der Waals surface area contributed by atoms with Crippen LogP contribution in [0.1, 0.15) is 18.4 Å². The van der Waals surface area contributed by atoms with Crippen LogP contribution in [0.4, 0.5) is 5.69 Å². The van der Waals surface area contributed by atoms with Gasteiger partial charge in [0, 0.05) is 32.9 Å². The zero-order valence-electron chi connectivity index (χ0n) is 12.9. The van der Waals surface area contributed by atoms with Crippen molar-refractivity contribution in [3.8, 4) is 0 Å². The van der Waals surface area contributed by atoms with Crippen molar-refractivity contribution in [2.75, 3.05) is 38.7 Å². The number of nitrogens with zero attached hydrogens (tertiary/aromatic N) is 2. The van der Waals surface area contributed by atoms with Crippen molar-refractivity contribution in [2.24, 2.45) is 5.92 Å². The summed E-state index contributed by atoms with van der Waals surface area (Å²) >= 11 is 0. The third kappa shape index (κ3) is 3.56. The van der Waals surface area contributed by atoms with Gasteiger partial charge in [0.25, 0.3) is 0 Å². The predicted molar refractivity (Wildman–Crippen MR) is 83.5 cm³/mol. The highest BCUT2D eigenvalue weighted by molar-refractivity contribution is 5.79. The Morgan fingerprint density at radius 2 is 2.00 bits per heavy atom. The van der Waals surface area contributed by atoms with Crippen molar-refractivity contribution >= 4 is 11.6 Å². The molecular formula is C17H24N2O2. The second-order valence-corrected chi connectivity index (χ2v) is 6.32. The molecule has 2 fully saturated rings. The van der Waals surface area contributed by atoms with Gasteiger partial charge in [0.05, 0.1) is 19.1 Å². The molecule has 4 heteroatoms. The number of morpholine rings is 1. The van der Waals surface area contributed by atoms with Crippen LogP contribution in [0.3, 0.4) is 0 Å². The molecule has 1 saturated carbocycles. The van der Waals surface area contributed by atoms with E-state index in [1.165, 1.54) is 12.8 Å². The number of hydrogen-bond donors (Lipinski definition) is 0. The molecule has 1 amide bonds. The molecule has 114 valence electrons. The van der Waals surface area contributed by atoms with Gasteiger partial charge in [-0.3, -0.25) is 4.79 Å². The first kappa shape index (κ1) is 14.4. The average Bonchev–Trinajstić information content (AvgIpc) is 3.32. The van der Waals surface area contributed by atoms with Crippen LogP contribution in [0.15, 0.2) is 24.3 Å². The van der Waals surface area contributed by atoms with Gasteiger partial charge >= 0.3 is 0 Å². The summed E-state index contributed by atoms with van der Waals surface area (Å²) in [6.45, 7) is 2.20. The fourth-order valence-corrected chi connectivity index (χ4v) is 2.85. The van der Waals surface area contributed by atoms with Crippen molar-refractivity contribution in [1.82, 2.24) is 4.90 Å². The number of hydrogen-bond acceptors (Lipinski definition) is 3. The molecule has 1 aliphatic heterocycles. The standard InChI is InChI=1S/C17H24N2O2/c1-18(2)15-7-3-13(4-8-15)11-17(20)19-9-10-21-16(12-19)14-5-6-14/h3-4,7-8,14,16H,5-6,9-12H2,1-2H3/t16-/m1/s1. The molecular weight excluding hydrogens is 264 g/mol. The van der Waals surface area contributed by atoms with Crippen molar-refractivity contribution in [1.29, 1.82) is 0 Å². The van der Waals surface area contributed by atoms with Gasteiger partial charge in [-0.15, -0.1) is 0 Å². The fourth-order valence-electron chi connectivity index (χ4n) is 2.85. The molecule has 0 unspecified atom stereocenters. The molecule has 0 bridgehead atoms. The first-order valence-corrected chi connectivity index (χ1v) is 7.79. The van der Waals surface area contributed by atoms with Crippen molar-refractivity contribution in [3.05, 3.63) is 29.8 Å². The zero-order chi connectivity index (χ0) is 14.8. The Morgan fingerprint density at radius 1 is 1.29 bits per heavy atom. The van der Waals surface area contributed by atoms with Crippen LogP contribution in [0.2, 0.25) is 0 Å². The highest BCUT2D eigenvalue weighted by Crippen LogP contribution is 2.35. The monoisotopic (exact) mass is 288 g/mol. The van der Waals surface area contributed by atoms with E-state index in [-0.39, 0.29) is 12.0 Å². The summed E-state index contributed by atoms with van der Waals surface area (Å²) in [6, 6.07) is 8.22. The second-order valence-electron chi connectivity index (χ2n) is 6.32. The van der Waals surface area contributed by atoms with Crippen molar-refractivity contribution in [3.63, 3.8) is 0 Å². The normalized spacial score (nSPS) is 22.2. The Bertz CT molecular complexity index is 494. The molecule has 0 N–H and O–H groups in total. The number of carbonyl (C=O) groups excluding carboxylic acids is 1. The summed E-state index contributed by atoms with van der Waals surface area (Å²) < 4.78 is 5.78. The van der Waals surface area contributed by atoms with E-state index in [0.29, 0.717) is 18.9 Å². The molecule has 1 heterocycles. The van der Waals surface area contributed by atoms with Crippen LogP contribution in [0, 0.1) is 5.92 Å². The molecule has 1 atom stereocenters. The van der Waals surface area contributed by atoms with Gasteiger partial charge in [0.1, 0.15) is 0 Å². The molecule has 0 aromatic heterocycles. The lowest BCUT2D eigenvalue weighted by Gasteiger charge is -2.33. The van der Waals surface area contributed by atoms with Crippen LogP contribution < -0.4 is 4.90 Å². The first-order valence-electron chi connectivity index (χ1n) is 7.79. The molecule has 2 aliphatic rings. The number of anilines is 1. The SMILES string of the molecule is CN(C)c1ccc(CC(=O)N2CCO[C@@H](C3CC3)C2)cc1. The van der Waals surface area contributed by atoms with Crippen molar-refractivity contribution in [2.45, 2.75) is 25.4 Å². The summed E-state index contributed by atoms with van der Waals surface area (Å²) in [5.41, 5.74) is 2.24. The fraction of sp³-hybridized carbons (Fsp3) is 0.588. The van der Waals surface area contributed by atoms with Gasteiger partial charge in [-0.2, -0.15) is 0 Å². The molecule has 21 heavy (non-hydrogen) atoms. The molecule has 1 aromatic carbocycles. The van der Waals surface area contributed by atoms with Crippen LogP contribution in [-0.4, -0.2) is 50.7 Å². The number of amides is 1. The lowest BCUT2D eigenvalue weighted by Crippen LogP contribution is -2.46. The summed E-state index contributed by atoms with van der Waals surface area (Å²) in [5, 5.41) is 0. The molecule has 3 rings (SSSR count). The van der Waals surface area contributed by atoms with E-state index in [0.717, 1.165) is 24.3 Å². The Balaban J connectivity index is 1.57. The van der Waals surface area contributed by atoms with Crippen LogP contribution >= 0.6 is 0 Å². The van der Waals surface area contributed by atoms with E-state index in [1.807, 2.05) is 31.1 Å². The van der Waals surface area contributed by atoms with E-state index in [2.05, 4.69) is 17.0 Å². The maximum absolute atomic E-state index is 12.4. The Kier molecular flexibility index (Phi) is 4.15. The Labute approximate surface area is 126 Å². The average molecular weight is 288 g/mol. The lowest BCUT2D eigenvalue weighted by molar-refractivity contribution is -0.138. The molecule has 1 aromatic rings. The molecule has 0 spiro atoms. The van der Waals surface area contributed by atoms with Crippen LogP contribution in [0.25, 0.3) is 0 Å². The molecule has 0 radical (unpaired) electrons. The Hall–Kier alpha value is -1.55. The van der Waals surface area contributed by atoms with Gasteiger partial charge < -0.3 is 14.5 Å². The summed E-state index contributed by atoms with van der Waals surface area (Å²) in [4.78, 5) is 16.5. The summed E-state index contributed by atoms with van der Waals surface area (Å²) in [5.74, 6) is 0.918. The van der Waals surface area contributed by atoms with Crippen LogP contribution in [-0.2, 0) is 16.0 Å². The lowest BCUT2D eigenvalue weighted by atomic mass is 10.1. The zero-order valence-corrected chi connectivity index (χ0v) is 12.9. The quantitative estimate of drug-likeness (QED) is 0.849. The minimum absolute atomic E-state index is 0.224. The second kappa shape index (κ2) is 6.06. The Morgan fingerprint density at radius 3 is 2.62 bits per heavy atom. The smallest absolute Gasteiger partial charge is 0.227 e. The first-order chi connectivity index (χ1) is 10.1. The van der Waals surface area contributed by atoms with Gasteiger partial charge in [0.2, 0.25) is 5.91 Å². The van der Waals surface area contributed by atoms with Gasteiger partial charge in [0.15, 0.2) is 0 Å². The minimum atomic E-state index is 0.224. The molecule has 4 nitrogen and oxygen atoms in total. The third-order valence-corrected chi connectivity index (χ3v) is 4.40. The highest BCUT2D eigenvalue weighted by atomic mass is 16.5. The topological polar surface area (TPSA) is 32.8 Å². The predicted octanol–water partition coefficient (Wildman–Crippen LogP) is 1.93. The van der Waals surface area contributed by atoms with Gasteiger partial charge in [-0.1, -0.05) is 12.1 Å². The minimum Gasteiger partial charge on any atom is -0.378 e. The van der Waals surface area contributed by atoms with E-state index >= 15 is 0 Å². The van der Waals surface area contributed by atoms with E-state index in [9.17, 15) is 4.79 Å². The number of carbonyl (C=O) groups is 1. The largest absolute Gasteiger partial charge is 0.378 e. The van der Waals surface area contributed by atoms with Gasteiger partial charge in [-0.05, 0) is 36.5 Å². The maximum Gasteiger partial charge on any atom is 0.227 e. The van der Waals surface area contributed by atoms with Crippen molar-refractivity contribution < 1.29 is 9.53 Å². The maximum atomic E-state index is 12.4. The van der Waals surface area contributed by atoms with E-state index in [4.69, 9.17) is 4.74 Å². The number of benzene rings is 1. The van der Waals surface area contributed by atoms with Crippen LogP contribution in [0.5, 0.6) is 0 Å². The number of ether oxygens (including phenoxy) is 1. The summed E-state index contributed by atoms with van der Waals surface area (Å²) in [7, 11) is 4.04. The van der Waals surface area contributed by atoms with E-state index in [1.54, 1.807) is 0 Å². The summed E-state index contributed by atoms with van der Waals surface area (Å²) in [6.07, 6.45) is 3.29. The van der Waals surface area contributed by atoms with Gasteiger partial charge in [-0.25, -0.2) is 0 Å². The molecule has 1 aliphatic carbocycles. The number of rotatable bonds is 4. The van der Waals surface area contributed by atoms with E-state index < -0.39 is 0 Å². The highest BCUT2D eigenvalue weighted by Gasteiger charge is 2.36. The third-order valence-electron chi connectivity index (χ3n) is 4.40. The molecule has 1 saturated heterocycles.